The molecule has 5 aromatic rings. The summed E-state index contributed by atoms with van der Waals surface area (Å²) in [6, 6.07) is 35.1. The quantitative estimate of drug-likeness (QED) is 0.254. The van der Waals surface area contributed by atoms with E-state index in [1.807, 2.05) is 0 Å². The summed E-state index contributed by atoms with van der Waals surface area (Å²) >= 11 is 0. The lowest BCUT2D eigenvalue weighted by atomic mass is 9.94. The van der Waals surface area contributed by atoms with Gasteiger partial charge in [0.1, 0.15) is 0 Å². The molecule has 0 bridgehead atoms. The van der Waals surface area contributed by atoms with E-state index < -0.39 is 6.10 Å². The molecule has 0 aliphatic heterocycles. The van der Waals surface area contributed by atoms with Gasteiger partial charge in [0.05, 0.1) is 23.9 Å². The number of rotatable bonds is 7. The first-order chi connectivity index (χ1) is 18.2. The van der Waals surface area contributed by atoms with Gasteiger partial charge in [0.25, 0.3) is 0 Å². The summed E-state index contributed by atoms with van der Waals surface area (Å²) in [6.45, 7) is 1.24. The highest BCUT2D eigenvalue weighted by atomic mass is 16.3. The van der Waals surface area contributed by atoms with Crippen molar-refractivity contribution >= 4 is 21.7 Å². The van der Waals surface area contributed by atoms with Gasteiger partial charge in [-0.25, -0.2) is 0 Å². The standard InChI is InChI=1S/C34H36N2O/c1-35(28-18-9-4-10-19-28)23-29(37)24-36-33(27-16-7-3-8-17-27)32(26-14-5-2-6-15-26)31-22-21-25-13-11-12-20-30(25)34(31)36/h2-3,5-8,11-17,20-22,28-29,37H,4,9-10,18-19,23-24H2,1H3/t29-/m1/s1. The number of hydrogen-bond acceptors (Lipinski definition) is 2. The summed E-state index contributed by atoms with van der Waals surface area (Å²) < 4.78 is 2.40. The third kappa shape index (κ3) is 4.70. The van der Waals surface area contributed by atoms with E-state index in [-0.39, 0.29) is 0 Å². The zero-order valence-corrected chi connectivity index (χ0v) is 21.7. The van der Waals surface area contributed by atoms with Gasteiger partial charge in [0.2, 0.25) is 0 Å². The van der Waals surface area contributed by atoms with Gasteiger partial charge in [-0.05, 0) is 36.4 Å². The van der Waals surface area contributed by atoms with E-state index in [9.17, 15) is 5.11 Å². The first kappa shape index (κ1) is 24.0. The third-order valence-electron chi connectivity index (χ3n) is 8.15. The molecule has 0 saturated heterocycles. The lowest BCUT2D eigenvalue weighted by molar-refractivity contribution is 0.0811. The Labute approximate surface area is 220 Å². The maximum absolute atomic E-state index is 11.5. The largest absolute Gasteiger partial charge is 0.390 e. The predicted octanol–water partition coefficient (Wildman–Crippen LogP) is 7.75. The first-order valence-electron chi connectivity index (χ1n) is 13.7. The van der Waals surface area contributed by atoms with E-state index in [0.29, 0.717) is 19.1 Å². The van der Waals surface area contributed by atoms with Gasteiger partial charge in [-0.15, -0.1) is 0 Å². The zero-order valence-electron chi connectivity index (χ0n) is 21.7. The van der Waals surface area contributed by atoms with E-state index >= 15 is 0 Å². The van der Waals surface area contributed by atoms with Crippen molar-refractivity contribution in [2.24, 2.45) is 0 Å². The number of nitrogens with zero attached hydrogens (tertiary/aromatic N) is 2. The molecule has 3 nitrogen and oxygen atoms in total. The van der Waals surface area contributed by atoms with Crippen molar-refractivity contribution in [1.82, 2.24) is 9.47 Å². The summed E-state index contributed by atoms with van der Waals surface area (Å²) in [5.41, 5.74) is 6.00. The predicted molar refractivity (Wildman–Crippen MR) is 156 cm³/mol. The van der Waals surface area contributed by atoms with E-state index in [1.165, 1.54) is 76.2 Å². The Balaban J connectivity index is 1.53. The summed E-state index contributed by atoms with van der Waals surface area (Å²) in [6.07, 6.45) is 5.97. The fraction of sp³-hybridized carbons (Fsp3) is 0.294. The van der Waals surface area contributed by atoms with Gasteiger partial charge in [0.15, 0.2) is 0 Å². The van der Waals surface area contributed by atoms with Crippen molar-refractivity contribution in [3.8, 4) is 22.4 Å². The summed E-state index contributed by atoms with van der Waals surface area (Å²) in [4.78, 5) is 2.40. The average Bonchev–Trinajstić information content (AvgIpc) is 3.28. The highest BCUT2D eigenvalue weighted by Gasteiger charge is 2.25. The van der Waals surface area contributed by atoms with Crippen LogP contribution in [-0.4, -0.2) is 40.3 Å². The number of hydrogen-bond donors (Lipinski definition) is 1. The smallest absolute Gasteiger partial charge is 0.0845 e. The number of aliphatic hydroxyl groups is 1. The van der Waals surface area contributed by atoms with Crippen molar-refractivity contribution in [1.29, 1.82) is 0 Å². The van der Waals surface area contributed by atoms with Crippen molar-refractivity contribution in [2.45, 2.75) is 50.8 Å². The molecule has 37 heavy (non-hydrogen) atoms. The summed E-state index contributed by atoms with van der Waals surface area (Å²) in [7, 11) is 2.19. The number of benzene rings is 4. The third-order valence-corrected chi connectivity index (χ3v) is 8.15. The van der Waals surface area contributed by atoms with Crippen LogP contribution in [0.1, 0.15) is 32.1 Å². The van der Waals surface area contributed by atoms with Gasteiger partial charge in [-0.1, -0.05) is 116 Å². The molecule has 1 N–H and O–H groups in total. The highest BCUT2D eigenvalue weighted by Crippen LogP contribution is 2.43. The minimum absolute atomic E-state index is 0.465. The van der Waals surface area contributed by atoms with E-state index in [1.54, 1.807) is 0 Å². The van der Waals surface area contributed by atoms with Gasteiger partial charge in [-0.3, -0.25) is 0 Å². The van der Waals surface area contributed by atoms with Gasteiger partial charge in [-0.2, -0.15) is 0 Å². The SMILES string of the molecule is CN(C[C@@H](O)Cn1c(-c2ccccc2)c(-c2ccccc2)c2ccc3ccccc3c21)C1CCCCC1. The molecule has 188 valence electrons. The average molecular weight is 489 g/mol. The van der Waals surface area contributed by atoms with Crippen LogP contribution in [0.5, 0.6) is 0 Å². The van der Waals surface area contributed by atoms with Crippen LogP contribution in [0.2, 0.25) is 0 Å². The molecule has 1 aliphatic rings. The Bertz CT molecular complexity index is 1480. The number of likely N-dealkylation sites (N-methyl/N-ethyl adjacent to an activating group) is 1. The van der Waals surface area contributed by atoms with Crippen molar-refractivity contribution in [3.05, 3.63) is 97.1 Å². The molecule has 1 heterocycles. The van der Waals surface area contributed by atoms with Crippen molar-refractivity contribution < 1.29 is 5.11 Å². The number of aliphatic hydroxyl groups excluding tert-OH is 1. The molecule has 4 aromatic carbocycles. The highest BCUT2D eigenvalue weighted by molar-refractivity contribution is 6.15. The van der Waals surface area contributed by atoms with Crippen LogP contribution in [0.3, 0.4) is 0 Å². The first-order valence-corrected chi connectivity index (χ1v) is 13.7. The van der Waals surface area contributed by atoms with E-state index in [0.717, 1.165) is 0 Å². The van der Waals surface area contributed by atoms with Crippen LogP contribution in [0.25, 0.3) is 44.1 Å². The van der Waals surface area contributed by atoms with Crippen molar-refractivity contribution in [3.63, 3.8) is 0 Å². The summed E-state index contributed by atoms with van der Waals surface area (Å²) in [5.74, 6) is 0. The molecule has 0 spiro atoms. The molecule has 6 rings (SSSR count). The minimum atomic E-state index is -0.465. The van der Waals surface area contributed by atoms with Crippen LogP contribution >= 0.6 is 0 Å². The monoisotopic (exact) mass is 488 g/mol. The molecule has 3 heteroatoms. The minimum Gasteiger partial charge on any atom is -0.390 e. The van der Waals surface area contributed by atoms with Crippen LogP contribution in [0.15, 0.2) is 97.1 Å². The molecule has 0 radical (unpaired) electrons. The molecular formula is C34H36N2O. The maximum Gasteiger partial charge on any atom is 0.0845 e. The second-order valence-corrected chi connectivity index (χ2v) is 10.6. The van der Waals surface area contributed by atoms with Crippen LogP contribution < -0.4 is 0 Å². The fourth-order valence-corrected chi connectivity index (χ4v) is 6.37. The molecule has 0 amide bonds. The maximum atomic E-state index is 11.5. The lowest BCUT2D eigenvalue weighted by Crippen LogP contribution is -2.40. The van der Waals surface area contributed by atoms with Gasteiger partial charge < -0.3 is 14.6 Å². The summed E-state index contributed by atoms with van der Waals surface area (Å²) in [5, 5.41) is 15.2. The van der Waals surface area contributed by atoms with Gasteiger partial charge in [0, 0.05) is 28.9 Å². The second kappa shape index (κ2) is 10.5. The molecule has 1 aliphatic carbocycles. The molecule has 1 aromatic heterocycles. The van der Waals surface area contributed by atoms with Gasteiger partial charge >= 0.3 is 0 Å². The topological polar surface area (TPSA) is 28.4 Å². The molecule has 1 fully saturated rings. The normalized spacial score (nSPS) is 15.5. The molecule has 1 atom stereocenters. The fourth-order valence-electron chi connectivity index (χ4n) is 6.37. The van der Waals surface area contributed by atoms with Crippen LogP contribution in [0, 0.1) is 0 Å². The Morgan fingerprint density at radius 1 is 0.757 bits per heavy atom. The zero-order chi connectivity index (χ0) is 25.2. The van der Waals surface area contributed by atoms with Crippen LogP contribution in [0.4, 0.5) is 0 Å². The Morgan fingerprint density at radius 2 is 1.41 bits per heavy atom. The Morgan fingerprint density at radius 3 is 2.14 bits per heavy atom. The molecular weight excluding hydrogens is 452 g/mol. The number of aromatic nitrogens is 1. The molecule has 1 saturated carbocycles. The second-order valence-electron chi connectivity index (χ2n) is 10.6. The van der Waals surface area contributed by atoms with Crippen LogP contribution in [-0.2, 0) is 6.54 Å². The number of fused-ring (bicyclic) bond motifs is 3. The van der Waals surface area contributed by atoms with E-state index in [2.05, 4.69) is 114 Å². The molecule has 0 unspecified atom stereocenters. The van der Waals surface area contributed by atoms with Crippen molar-refractivity contribution in [2.75, 3.05) is 13.6 Å². The Kier molecular flexibility index (Phi) is 6.82. The van der Waals surface area contributed by atoms with E-state index in [4.69, 9.17) is 0 Å². The Hall–Kier alpha value is -3.40. The lowest BCUT2D eigenvalue weighted by Gasteiger charge is -2.32.